The van der Waals surface area contributed by atoms with Crippen LogP contribution in [0.5, 0.6) is 11.6 Å². The van der Waals surface area contributed by atoms with Crippen molar-refractivity contribution >= 4 is 27.5 Å². The van der Waals surface area contributed by atoms with Crippen LogP contribution in [0, 0.1) is 5.82 Å². The Morgan fingerprint density at radius 3 is 2.90 bits per heavy atom. The Hall–Kier alpha value is -1.17. The Kier molecular flexibility index (Phi) is 4.42. The molecule has 1 aromatic carbocycles. The van der Waals surface area contributed by atoms with Crippen molar-refractivity contribution < 1.29 is 9.13 Å². The van der Waals surface area contributed by atoms with Crippen molar-refractivity contribution in [2.24, 2.45) is 0 Å². The number of nitrogens with zero attached hydrogens (tertiary/aromatic N) is 1. The van der Waals surface area contributed by atoms with Gasteiger partial charge in [0.2, 0.25) is 5.88 Å². The topological polar surface area (TPSA) is 34.1 Å². The van der Waals surface area contributed by atoms with Crippen molar-refractivity contribution in [3.63, 3.8) is 0 Å². The SMILES string of the molecule is Fc1cc(Oc2ncc(Br)cc2CNC2CC2)ccc1Cl. The van der Waals surface area contributed by atoms with Gasteiger partial charge >= 0.3 is 0 Å². The van der Waals surface area contributed by atoms with Gasteiger partial charge < -0.3 is 10.1 Å². The molecule has 6 heteroatoms. The van der Waals surface area contributed by atoms with Crippen LogP contribution in [0.25, 0.3) is 0 Å². The van der Waals surface area contributed by atoms with Gasteiger partial charge in [-0.15, -0.1) is 0 Å². The first kappa shape index (κ1) is 14.8. The molecule has 0 aliphatic heterocycles. The van der Waals surface area contributed by atoms with E-state index in [-0.39, 0.29) is 5.02 Å². The number of hydrogen-bond donors (Lipinski definition) is 1. The van der Waals surface area contributed by atoms with Crippen molar-refractivity contribution in [1.29, 1.82) is 0 Å². The van der Waals surface area contributed by atoms with Gasteiger partial charge in [0.15, 0.2) is 0 Å². The second-order valence-corrected chi connectivity index (χ2v) is 6.27. The molecule has 3 nitrogen and oxygen atoms in total. The van der Waals surface area contributed by atoms with Gasteiger partial charge in [0.25, 0.3) is 0 Å². The third-order valence-electron chi connectivity index (χ3n) is 3.16. The van der Waals surface area contributed by atoms with E-state index in [2.05, 4.69) is 26.2 Å². The zero-order valence-electron chi connectivity index (χ0n) is 11.1. The first-order chi connectivity index (χ1) is 10.1. The summed E-state index contributed by atoms with van der Waals surface area (Å²) in [4.78, 5) is 4.26. The zero-order chi connectivity index (χ0) is 14.8. The lowest BCUT2D eigenvalue weighted by atomic mass is 10.2. The van der Waals surface area contributed by atoms with Crippen LogP contribution in [-0.4, -0.2) is 11.0 Å². The summed E-state index contributed by atoms with van der Waals surface area (Å²) in [6.45, 7) is 0.669. The number of hydrogen-bond acceptors (Lipinski definition) is 3. The van der Waals surface area contributed by atoms with Gasteiger partial charge in [-0.25, -0.2) is 9.37 Å². The summed E-state index contributed by atoms with van der Waals surface area (Å²) >= 11 is 9.07. The maximum atomic E-state index is 13.5. The van der Waals surface area contributed by atoms with Crippen LogP contribution in [0.1, 0.15) is 18.4 Å². The number of aromatic nitrogens is 1. The molecular weight excluding hydrogens is 359 g/mol. The Morgan fingerprint density at radius 1 is 1.38 bits per heavy atom. The van der Waals surface area contributed by atoms with Crippen LogP contribution >= 0.6 is 27.5 Å². The van der Waals surface area contributed by atoms with Gasteiger partial charge in [0.05, 0.1) is 5.02 Å². The number of pyridine rings is 1. The first-order valence-corrected chi connectivity index (χ1v) is 7.79. The highest BCUT2D eigenvalue weighted by molar-refractivity contribution is 9.10. The molecule has 0 saturated heterocycles. The highest BCUT2D eigenvalue weighted by atomic mass is 79.9. The molecule has 3 rings (SSSR count). The fourth-order valence-corrected chi connectivity index (χ4v) is 2.38. The van der Waals surface area contributed by atoms with E-state index in [1.165, 1.54) is 25.0 Å². The molecule has 2 aromatic rings. The van der Waals surface area contributed by atoms with Crippen molar-refractivity contribution in [2.75, 3.05) is 0 Å². The van der Waals surface area contributed by atoms with Crippen LogP contribution in [-0.2, 0) is 6.54 Å². The lowest BCUT2D eigenvalue weighted by molar-refractivity contribution is 0.448. The fraction of sp³-hybridized carbons (Fsp3) is 0.267. The summed E-state index contributed by atoms with van der Waals surface area (Å²) in [7, 11) is 0. The predicted molar refractivity (Wildman–Crippen MR) is 83.3 cm³/mol. The van der Waals surface area contributed by atoms with Gasteiger partial charge in [-0.1, -0.05) is 11.6 Å². The van der Waals surface area contributed by atoms with Crippen LogP contribution in [0.4, 0.5) is 4.39 Å². The van der Waals surface area contributed by atoms with Crippen molar-refractivity contribution in [1.82, 2.24) is 10.3 Å². The van der Waals surface area contributed by atoms with Gasteiger partial charge in [0.1, 0.15) is 11.6 Å². The molecule has 0 bridgehead atoms. The molecular formula is C15H13BrClFN2O. The average Bonchev–Trinajstić information content (AvgIpc) is 3.27. The lowest BCUT2D eigenvalue weighted by Crippen LogP contribution is -2.16. The molecule has 1 aliphatic rings. The molecule has 110 valence electrons. The van der Waals surface area contributed by atoms with Crippen LogP contribution in [0.15, 0.2) is 34.9 Å². The summed E-state index contributed by atoms with van der Waals surface area (Å²) in [6.07, 6.45) is 4.07. The van der Waals surface area contributed by atoms with Crippen LogP contribution < -0.4 is 10.1 Å². The maximum Gasteiger partial charge on any atom is 0.223 e. The predicted octanol–water partition coefficient (Wildman–Crippen LogP) is 4.68. The Morgan fingerprint density at radius 2 is 2.19 bits per heavy atom. The highest BCUT2D eigenvalue weighted by Gasteiger charge is 2.21. The van der Waals surface area contributed by atoms with Gasteiger partial charge in [-0.2, -0.15) is 0 Å². The van der Waals surface area contributed by atoms with Crippen LogP contribution in [0.3, 0.4) is 0 Å². The lowest BCUT2D eigenvalue weighted by Gasteiger charge is -2.11. The van der Waals surface area contributed by atoms with Crippen LogP contribution in [0.2, 0.25) is 5.02 Å². The van der Waals surface area contributed by atoms with E-state index in [9.17, 15) is 4.39 Å². The standard InChI is InChI=1S/C15H13BrClFN2O/c16-10-5-9(7-19-11-1-2-11)15(20-8-10)21-12-3-4-13(17)14(18)6-12/h3-6,8,11,19H,1-2,7H2. The van der Waals surface area contributed by atoms with Crippen molar-refractivity contribution in [2.45, 2.75) is 25.4 Å². The molecule has 0 amide bonds. The quantitative estimate of drug-likeness (QED) is 0.828. The molecule has 1 N–H and O–H groups in total. The third kappa shape index (κ3) is 3.93. The number of ether oxygens (including phenoxy) is 1. The molecule has 1 heterocycles. The normalized spacial score (nSPS) is 14.2. The second kappa shape index (κ2) is 6.30. The largest absolute Gasteiger partial charge is 0.439 e. The summed E-state index contributed by atoms with van der Waals surface area (Å²) < 4.78 is 20.0. The average molecular weight is 372 g/mol. The maximum absolute atomic E-state index is 13.5. The number of rotatable bonds is 5. The zero-order valence-corrected chi connectivity index (χ0v) is 13.4. The number of halogens is 3. The Balaban J connectivity index is 1.80. The number of benzene rings is 1. The monoisotopic (exact) mass is 370 g/mol. The highest BCUT2D eigenvalue weighted by Crippen LogP contribution is 2.28. The van der Waals surface area contributed by atoms with E-state index in [0.717, 1.165) is 10.0 Å². The first-order valence-electron chi connectivity index (χ1n) is 6.62. The van der Waals surface area contributed by atoms with Gasteiger partial charge in [-0.3, -0.25) is 0 Å². The van der Waals surface area contributed by atoms with E-state index >= 15 is 0 Å². The molecule has 0 unspecified atom stereocenters. The van der Waals surface area contributed by atoms with Crippen molar-refractivity contribution in [3.8, 4) is 11.6 Å². The molecule has 1 aliphatic carbocycles. The molecule has 21 heavy (non-hydrogen) atoms. The summed E-state index contributed by atoms with van der Waals surface area (Å²) in [6, 6.07) is 6.87. The molecule has 0 spiro atoms. The molecule has 1 aromatic heterocycles. The van der Waals surface area contributed by atoms with Gasteiger partial charge in [0, 0.05) is 34.9 Å². The van der Waals surface area contributed by atoms with E-state index in [1.807, 2.05) is 6.07 Å². The summed E-state index contributed by atoms with van der Waals surface area (Å²) in [5.74, 6) is 0.330. The van der Waals surface area contributed by atoms with Crippen molar-refractivity contribution in [3.05, 3.63) is 51.3 Å². The van der Waals surface area contributed by atoms with Gasteiger partial charge in [-0.05, 0) is 47.0 Å². The minimum Gasteiger partial charge on any atom is -0.439 e. The Labute approximate surface area is 135 Å². The molecule has 0 atom stereocenters. The summed E-state index contributed by atoms with van der Waals surface area (Å²) in [5, 5.41) is 3.48. The number of nitrogens with one attached hydrogen (secondary N) is 1. The second-order valence-electron chi connectivity index (χ2n) is 4.95. The molecule has 1 fully saturated rings. The van der Waals surface area contributed by atoms with E-state index in [1.54, 1.807) is 12.3 Å². The smallest absolute Gasteiger partial charge is 0.223 e. The molecule has 1 saturated carbocycles. The van der Waals surface area contributed by atoms with E-state index < -0.39 is 5.82 Å². The Bertz CT molecular complexity index is 664. The molecule has 0 radical (unpaired) electrons. The minimum absolute atomic E-state index is 0.0711. The van der Waals surface area contributed by atoms with E-state index in [4.69, 9.17) is 16.3 Å². The third-order valence-corrected chi connectivity index (χ3v) is 3.90. The van der Waals surface area contributed by atoms with E-state index in [0.29, 0.717) is 24.2 Å². The minimum atomic E-state index is -0.510. The fourth-order valence-electron chi connectivity index (χ4n) is 1.88. The summed E-state index contributed by atoms with van der Waals surface area (Å²) in [5.41, 5.74) is 0.923.